The fraction of sp³-hybridized carbons (Fsp3) is 0.714. The van der Waals surface area contributed by atoms with Crippen molar-refractivity contribution >= 4 is 5.91 Å². The minimum absolute atomic E-state index is 0.192. The van der Waals surface area contributed by atoms with E-state index in [9.17, 15) is 4.79 Å². The van der Waals surface area contributed by atoms with Gasteiger partial charge in [-0.1, -0.05) is 0 Å². The molecule has 0 spiro atoms. The molecule has 0 aromatic carbocycles. The Morgan fingerprint density at radius 3 is 2.74 bits per heavy atom. The van der Waals surface area contributed by atoms with Crippen molar-refractivity contribution < 1.29 is 4.79 Å². The Morgan fingerprint density at radius 2 is 2.16 bits per heavy atom. The molecule has 1 aromatic rings. The Labute approximate surface area is 114 Å². The van der Waals surface area contributed by atoms with E-state index in [4.69, 9.17) is 0 Å². The first-order chi connectivity index (χ1) is 9.26. The highest BCUT2D eigenvalue weighted by atomic mass is 16.2. The van der Waals surface area contributed by atoms with Gasteiger partial charge >= 0.3 is 0 Å². The Hall–Kier alpha value is -1.36. The predicted octanol–water partition coefficient (Wildman–Crippen LogP) is 1.01. The van der Waals surface area contributed by atoms with Crippen LogP contribution in [0.1, 0.15) is 32.6 Å². The summed E-state index contributed by atoms with van der Waals surface area (Å²) in [6.45, 7) is 3.23. The number of aromatic nitrogens is 2. The zero-order chi connectivity index (χ0) is 13.2. The van der Waals surface area contributed by atoms with Crippen molar-refractivity contribution in [2.75, 3.05) is 6.54 Å². The molecule has 1 amide bonds. The van der Waals surface area contributed by atoms with Crippen LogP contribution in [0.5, 0.6) is 0 Å². The van der Waals surface area contributed by atoms with Gasteiger partial charge in [-0.3, -0.25) is 9.48 Å². The van der Waals surface area contributed by atoms with Crippen LogP contribution in [0.3, 0.4) is 0 Å². The molecule has 104 valence electrons. The predicted molar refractivity (Wildman–Crippen MR) is 72.6 cm³/mol. The zero-order valence-electron chi connectivity index (χ0n) is 11.5. The van der Waals surface area contributed by atoms with Gasteiger partial charge < -0.3 is 10.2 Å². The van der Waals surface area contributed by atoms with Gasteiger partial charge in [0.05, 0.1) is 0 Å². The van der Waals surface area contributed by atoms with Crippen molar-refractivity contribution in [3.63, 3.8) is 0 Å². The van der Waals surface area contributed by atoms with Crippen LogP contribution >= 0.6 is 0 Å². The highest BCUT2D eigenvalue weighted by Gasteiger charge is 2.37. The average molecular weight is 262 g/mol. The smallest absolute Gasteiger partial charge is 0.244 e. The van der Waals surface area contributed by atoms with Crippen LogP contribution in [0.2, 0.25) is 0 Å². The van der Waals surface area contributed by atoms with Gasteiger partial charge in [0.2, 0.25) is 5.91 Å². The van der Waals surface area contributed by atoms with Crippen LogP contribution in [0.25, 0.3) is 0 Å². The summed E-state index contributed by atoms with van der Waals surface area (Å²) in [6.07, 6.45) is 8.31. The van der Waals surface area contributed by atoms with Gasteiger partial charge in [-0.05, 0) is 38.7 Å². The van der Waals surface area contributed by atoms with Crippen molar-refractivity contribution in [1.29, 1.82) is 0 Å². The van der Waals surface area contributed by atoms with Gasteiger partial charge in [0.1, 0.15) is 6.54 Å². The molecule has 5 nitrogen and oxygen atoms in total. The molecule has 2 aliphatic rings. The third-order valence-electron chi connectivity index (χ3n) is 4.41. The fourth-order valence-corrected chi connectivity index (χ4v) is 3.54. The van der Waals surface area contributed by atoms with Crippen LogP contribution in [-0.2, 0) is 11.3 Å². The Balaban J connectivity index is 1.65. The van der Waals surface area contributed by atoms with E-state index < -0.39 is 0 Å². The molecule has 0 saturated carbocycles. The molecule has 19 heavy (non-hydrogen) atoms. The second kappa shape index (κ2) is 5.33. The summed E-state index contributed by atoms with van der Waals surface area (Å²) < 4.78 is 1.71. The average Bonchev–Trinajstić information content (AvgIpc) is 3.00. The molecule has 3 rings (SSSR count). The van der Waals surface area contributed by atoms with E-state index in [1.165, 1.54) is 12.8 Å². The number of piperidine rings is 1. The van der Waals surface area contributed by atoms with E-state index in [0.29, 0.717) is 24.7 Å². The van der Waals surface area contributed by atoms with E-state index in [0.717, 1.165) is 19.4 Å². The molecule has 2 unspecified atom stereocenters. The molecule has 2 bridgehead atoms. The highest BCUT2D eigenvalue weighted by Crippen LogP contribution is 2.29. The van der Waals surface area contributed by atoms with E-state index in [1.54, 1.807) is 10.9 Å². The van der Waals surface area contributed by atoms with Gasteiger partial charge in [0.25, 0.3) is 0 Å². The number of carbonyl (C=O) groups is 1. The number of amides is 1. The van der Waals surface area contributed by atoms with Crippen LogP contribution in [0.15, 0.2) is 18.5 Å². The number of nitrogens with one attached hydrogen (secondary N) is 1. The Morgan fingerprint density at radius 1 is 1.42 bits per heavy atom. The molecular weight excluding hydrogens is 240 g/mol. The van der Waals surface area contributed by atoms with Crippen molar-refractivity contribution in [2.45, 2.75) is 57.3 Å². The second-order valence-electron chi connectivity index (χ2n) is 5.65. The van der Waals surface area contributed by atoms with Crippen molar-refractivity contribution in [3.05, 3.63) is 18.5 Å². The molecule has 5 heteroatoms. The molecule has 0 aliphatic carbocycles. The van der Waals surface area contributed by atoms with E-state index in [1.807, 2.05) is 17.2 Å². The van der Waals surface area contributed by atoms with E-state index >= 15 is 0 Å². The normalized spacial score (nSPS) is 29.4. The lowest BCUT2D eigenvalue weighted by molar-refractivity contribution is -0.135. The maximum absolute atomic E-state index is 12.4. The molecule has 2 fully saturated rings. The zero-order valence-corrected chi connectivity index (χ0v) is 11.5. The molecule has 1 N–H and O–H groups in total. The third kappa shape index (κ3) is 2.66. The summed E-state index contributed by atoms with van der Waals surface area (Å²) in [5, 5.41) is 7.75. The fourth-order valence-electron chi connectivity index (χ4n) is 3.54. The van der Waals surface area contributed by atoms with Crippen LogP contribution < -0.4 is 5.32 Å². The topological polar surface area (TPSA) is 50.2 Å². The van der Waals surface area contributed by atoms with Crippen molar-refractivity contribution in [3.8, 4) is 0 Å². The van der Waals surface area contributed by atoms with Gasteiger partial charge in [-0.15, -0.1) is 0 Å². The molecule has 2 saturated heterocycles. The van der Waals surface area contributed by atoms with Gasteiger partial charge in [-0.2, -0.15) is 5.10 Å². The molecule has 3 heterocycles. The summed E-state index contributed by atoms with van der Waals surface area (Å²) in [7, 11) is 0. The first-order valence-corrected chi connectivity index (χ1v) is 7.29. The second-order valence-corrected chi connectivity index (χ2v) is 5.65. The van der Waals surface area contributed by atoms with Gasteiger partial charge in [0.15, 0.2) is 0 Å². The quantitative estimate of drug-likeness (QED) is 0.881. The summed E-state index contributed by atoms with van der Waals surface area (Å²) in [5.74, 6) is 0.192. The number of carbonyl (C=O) groups excluding carboxylic acids is 1. The number of nitrogens with zero attached hydrogens (tertiary/aromatic N) is 3. The standard InChI is InChI=1S/C14H22N4O/c1-2-18(14(19)10-17-7-3-6-15-17)13-8-11-4-5-12(9-13)16-11/h3,6-7,11-13,16H,2,4-5,8-10H2,1H3. The largest absolute Gasteiger partial charge is 0.338 e. The number of hydrogen-bond acceptors (Lipinski definition) is 3. The SMILES string of the molecule is CCN(C(=O)Cn1cccn1)C1CC2CCC(C1)N2. The number of fused-ring (bicyclic) bond motifs is 2. The van der Waals surface area contributed by atoms with Crippen LogP contribution in [0, 0.1) is 0 Å². The van der Waals surface area contributed by atoms with Crippen LogP contribution in [-0.4, -0.2) is 45.3 Å². The lowest BCUT2D eigenvalue weighted by Gasteiger charge is -2.37. The highest BCUT2D eigenvalue weighted by molar-refractivity contribution is 5.76. The summed E-state index contributed by atoms with van der Waals surface area (Å²) in [6, 6.07) is 3.51. The maximum atomic E-state index is 12.4. The first-order valence-electron chi connectivity index (χ1n) is 7.29. The number of rotatable bonds is 4. The minimum Gasteiger partial charge on any atom is -0.338 e. The lowest BCUT2D eigenvalue weighted by atomic mass is 9.98. The molecular formula is C14H22N4O. The van der Waals surface area contributed by atoms with Crippen molar-refractivity contribution in [2.24, 2.45) is 0 Å². The maximum Gasteiger partial charge on any atom is 0.244 e. The Kier molecular flexibility index (Phi) is 3.55. The minimum atomic E-state index is 0.192. The van der Waals surface area contributed by atoms with E-state index in [2.05, 4.69) is 17.3 Å². The number of likely N-dealkylation sites (N-methyl/N-ethyl adjacent to an activating group) is 1. The number of hydrogen-bond donors (Lipinski definition) is 1. The summed E-state index contributed by atoms with van der Waals surface area (Å²) in [4.78, 5) is 14.5. The van der Waals surface area contributed by atoms with Gasteiger partial charge in [-0.25, -0.2) is 0 Å². The first kappa shape index (κ1) is 12.7. The summed E-state index contributed by atoms with van der Waals surface area (Å²) in [5.41, 5.74) is 0. The van der Waals surface area contributed by atoms with E-state index in [-0.39, 0.29) is 5.91 Å². The molecule has 2 atom stereocenters. The van der Waals surface area contributed by atoms with Crippen molar-refractivity contribution in [1.82, 2.24) is 20.0 Å². The third-order valence-corrected chi connectivity index (χ3v) is 4.41. The Bertz CT molecular complexity index is 419. The monoisotopic (exact) mass is 262 g/mol. The van der Waals surface area contributed by atoms with Crippen LogP contribution in [0.4, 0.5) is 0 Å². The molecule has 0 radical (unpaired) electrons. The summed E-state index contributed by atoms with van der Waals surface area (Å²) >= 11 is 0. The lowest BCUT2D eigenvalue weighted by Crippen LogP contribution is -2.50. The molecule has 2 aliphatic heterocycles. The molecule has 1 aromatic heterocycles. The van der Waals surface area contributed by atoms with Gasteiger partial charge in [0, 0.05) is 37.1 Å².